The summed E-state index contributed by atoms with van der Waals surface area (Å²) in [7, 11) is 0. The molecule has 31 heavy (non-hydrogen) atoms. The van der Waals surface area contributed by atoms with Gasteiger partial charge in [-0.25, -0.2) is 15.0 Å². The Labute approximate surface area is 186 Å². The van der Waals surface area contributed by atoms with Gasteiger partial charge in [0.05, 0.1) is 17.4 Å². The molecule has 3 heterocycles. The molecule has 0 saturated carbocycles. The fraction of sp³-hybridized carbons (Fsp3) is 0.368. The Balaban J connectivity index is 1.74. The van der Waals surface area contributed by atoms with E-state index in [1.165, 1.54) is 29.7 Å². The molecule has 3 aromatic heterocycles. The minimum atomic E-state index is -4.57. The summed E-state index contributed by atoms with van der Waals surface area (Å²) < 4.78 is 39.6. The van der Waals surface area contributed by atoms with Crippen molar-refractivity contribution >= 4 is 34.7 Å². The number of pyridine rings is 1. The van der Waals surface area contributed by atoms with Gasteiger partial charge < -0.3 is 16.4 Å². The summed E-state index contributed by atoms with van der Waals surface area (Å²) in [6.45, 7) is 3.79. The minimum absolute atomic E-state index is 0.0628. The SMILES string of the molecule is CCN(CCC(CN)c1cscn1)c1cnc(Sc2cccnc2C(F)(F)F)c(N)n1. The van der Waals surface area contributed by atoms with Gasteiger partial charge in [-0.2, -0.15) is 13.2 Å². The van der Waals surface area contributed by atoms with Gasteiger partial charge in [0, 0.05) is 42.0 Å². The summed E-state index contributed by atoms with van der Waals surface area (Å²) in [5.74, 6) is 0.750. The lowest BCUT2D eigenvalue weighted by Gasteiger charge is -2.24. The first-order chi connectivity index (χ1) is 14.8. The molecule has 0 amide bonds. The van der Waals surface area contributed by atoms with Crippen LogP contribution in [0, 0.1) is 0 Å². The highest BCUT2D eigenvalue weighted by Crippen LogP contribution is 2.38. The highest BCUT2D eigenvalue weighted by Gasteiger charge is 2.35. The van der Waals surface area contributed by atoms with Crippen LogP contribution >= 0.6 is 23.1 Å². The molecule has 1 unspecified atom stereocenters. The van der Waals surface area contributed by atoms with E-state index in [0.29, 0.717) is 25.5 Å². The predicted molar refractivity (Wildman–Crippen MR) is 116 cm³/mol. The fourth-order valence-corrected chi connectivity index (χ4v) is 4.47. The highest BCUT2D eigenvalue weighted by molar-refractivity contribution is 7.99. The van der Waals surface area contributed by atoms with Crippen LogP contribution < -0.4 is 16.4 Å². The van der Waals surface area contributed by atoms with Crippen LogP contribution in [0.4, 0.5) is 24.8 Å². The Hall–Kier alpha value is -2.44. The maximum atomic E-state index is 13.2. The number of nitrogen functional groups attached to an aromatic ring is 1. The number of halogens is 3. The van der Waals surface area contributed by atoms with Crippen LogP contribution in [0.2, 0.25) is 0 Å². The minimum Gasteiger partial charge on any atom is -0.381 e. The smallest absolute Gasteiger partial charge is 0.381 e. The zero-order valence-electron chi connectivity index (χ0n) is 16.7. The summed E-state index contributed by atoms with van der Waals surface area (Å²) in [5.41, 5.74) is 13.7. The van der Waals surface area contributed by atoms with Crippen molar-refractivity contribution in [2.24, 2.45) is 5.73 Å². The largest absolute Gasteiger partial charge is 0.434 e. The van der Waals surface area contributed by atoms with Crippen LogP contribution in [-0.4, -0.2) is 39.6 Å². The van der Waals surface area contributed by atoms with Gasteiger partial charge in [-0.3, -0.25) is 4.98 Å². The van der Waals surface area contributed by atoms with E-state index in [1.807, 2.05) is 17.2 Å². The van der Waals surface area contributed by atoms with Gasteiger partial charge in [-0.15, -0.1) is 11.3 Å². The van der Waals surface area contributed by atoms with E-state index in [9.17, 15) is 13.2 Å². The number of hydrogen-bond donors (Lipinski definition) is 2. The molecule has 0 radical (unpaired) electrons. The molecular formula is C19H22F3N7S2. The van der Waals surface area contributed by atoms with Crippen LogP contribution in [0.25, 0.3) is 0 Å². The van der Waals surface area contributed by atoms with E-state index in [-0.39, 0.29) is 21.7 Å². The Bertz CT molecular complexity index is 983. The third-order valence-electron chi connectivity index (χ3n) is 4.60. The number of alkyl halides is 3. The Morgan fingerprint density at radius 3 is 2.68 bits per heavy atom. The summed E-state index contributed by atoms with van der Waals surface area (Å²) in [4.78, 5) is 18.3. The van der Waals surface area contributed by atoms with Gasteiger partial charge in [0.25, 0.3) is 0 Å². The molecule has 0 aliphatic carbocycles. The molecule has 4 N–H and O–H groups in total. The van der Waals surface area contributed by atoms with Gasteiger partial charge >= 0.3 is 6.18 Å². The Morgan fingerprint density at radius 2 is 2.06 bits per heavy atom. The fourth-order valence-electron chi connectivity index (χ4n) is 2.96. The average Bonchev–Trinajstić information content (AvgIpc) is 3.27. The van der Waals surface area contributed by atoms with Crippen molar-refractivity contribution in [1.82, 2.24) is 19.9 Å². The lowest BCUT2D eigenvalue weighted by molar-refractivity contribution is -0.143. The van der Waals surface area contributed by atoms with Crippen molar-refractivity contribution in [2.45, 2.75) is 35.4 Å². The lowest BCUT2D eigenvalue weighted by atomic mass is 10.0. The third kappa shape index (κ3) is 5.83. The van der Waals surface area contributed by atoms with Crippen LogP contribution in [0.3, 0.4) is 0 Å². The van der Waals surface area contributed by atoms with Crippen molar-refractivity contribution in [1.29, 1.82) is 0 Å². The summed E-state index contributed by atoms with van der Waals surface area (Å²) in [6.07, 6.45) is -1.17. The predicted octanol–water partition coefficient (Wildman–Crippen LogP) is 4.04. The molecule has 0 bridgehead atoms. The maximum Gasteiger partial charge on any atom is 0.434 e. The average molecular weight is 470 g/mol. The number of nitrogens with two attached hydrogens (primary N) is 2. The molecule has 0 saturated heterocycles. The van der Waals surface area contributed by atoms with Crippen molar-refractivity contribution in [3.8, 4) is 0 Å². The second-order valence-electron chi connectivity index (χ2n) is 6.58. The molecule has 1 atom stereocenters. The topological polar surface area (TPSA) is 107 Å². The van der Waals surface area contributed by atoms with Crippen molar-refractivity contribution in [3.05, 3.63) is 46.8 Å². The summed E-state index contributed by atoms with van der Waals surface area (Å²) >= 11 is 2.32. The first kappa shape index (κ1) is 23.2. The molecule has 0 aliphatic heterocycles. The molecule has 166 valence electrons. The maximum absolute atomic E-state index is 13.2. The zero-order chi connectivity index (χ0) is 22.4. The van der Waals surface area contributed by atoms with E-state index in [4.69, 9.17) is 11.5 Å². The van der Waals surface area contributed by atoms with Crippen LogP contribution in [0.15, 0.2) is 45.3 Å². The summed E-state index contributed by atoms with van der Waals surface area (Å²) in [6, 6.07) is 2.77. The van der Waals surface area contributed by atoms with E-state index in [1.54, 1.807) is 5.51 Å². The number of anilines is 2. The van der Waals surface area contributed by atoms with Crippen molar-refractivity contribution < 1.29 is 13.2 Å². The quantitative estimate of drug-likeness (QED) is 0.484. The number of hydrogen-bond acceptors (Lipinski definition) is 9. The molecule has 12 heteroatoms. The van der Waals surface area contributed by atoms with Gasteiger partial charge in [0.15, 0.2) is 11.5 Å². The van der Waals surface area contributed by atoms with Crippen molar-refractivity contribution in [3.63, 3.8) is 0 Å². The third-order valence-corrected chi connectivity index (χ3v) is 6.27. The van der Waals surface area contributed by atoms with E-state index in [0.717, 1.165) is 30.1 Å². The van der Waals surface area contributed by atoms with Gasteiger partial charge in [0.1, 0.15) is 10.8 Å². The van der Waals surface area contributed by atoms with Crippen molar-refractivity contribution in [2.75, 3.05) is 30.3 Å². The molecule has 0 aromatic carbocycles. The van der Waals surface area contributed by atoms with Gasteiger partial charge in [-0.1, -0.05) is 11.8 Å². The molecule has 7 nitrogen and oxygen atoms in total. The standard InChI is InChI=1S/C19H22F3N7S2/c1-2-29(7-5-12(8-23)13-10-30-11-27-13)15-9-26-18(17(24)28-15)31-14-4-3-6-25-16(14)19(20,21)22/h3-4,6,9-12H,2,5,7-8,23H2,1H3,(H2,24,28). The van der Waals surface area contributed by atoms with E-state index in [2.05, 4.69) is 19.9 Å². The Kier molecular flexibility index (Phi) is 7.68. The molecule has 3 aromatic rings. The Morgan fingerprint density at radius 1 is 1.26 bits per heavy atom. The van der Waals surface area contributed by atoms with E-state index >= 15 is 0 Å². The number of thiazole rings is 1. The first-order valence-corrected chi connectivity index (χ1v) is 11.2. The molecule has 0 fully saturated rings. The first-order valence-electron chi connectivity index (χ1n) is 9.49. The zero-order valence-corrected chi connectivity index (χ0v) is 18.3. The number of rotatable bonds is 9. The van der Waals surface area contributed by atoms with Crippen LogP contribution in [0.1, 0.15) is 30.7 Å². The lowest BCUT2D eigenvalue weighted by Crippen LogP contribution is -2.28. The van der Waals surface area contributed by atoms with E-state index < -0.39 is 11.9 Å². The monoisotopic (exact) mass is 469 g/mol. The molecular weight excluding hydrogens is 447 g/mol. The second-order valence-corrected chi connectivity index (χ2v) is 8.33. The number of aromatic nitrogens is 4. The van der Waals surface area contributed by atoms with Crippen LogP contribution in [-0.2, 0) is 6.18 Å². The molecule has 0 spiro atoms. The van der Waals surface area contributed by atoms with Gasteiger partial charge in [-0.05, 0) is 25.5 Å². The molecule has 0 aliphatic rings. The highest BCUT2D eigenvalue weighted by atomic mass is 32.2. The number of nitrogens with zero attached hydrogens (tertiary/aromatic N) is 5. The second kappa shape index (κ2) is 10.2. The van der Waals surface area contributed by atoms with Gasteiger partial charge in [0.2, 0.25) is 0 Å². The molecule has 3 rings (SSSR count). The van der Waals surface area contributed by atoms with Crippen LogP contribution in [0.5, 0.6) is 0 Å². The summed E-state index contributed by atoms with van der Waals surface area (Å²) in [5, 5.41) is 2.19. The normalized spacial score (nSPS) is 12.7.